The van der Waals surface area contributed by atoms with Gasteiger partial charge < -0.3 is 10.2 Å². The van der Waals surface area contributed by atoms with E-state index in [4.69, 9.17) is 0 Å². The summed E-state index contributed by atoms with van der Waals surface area (Å²) < 4.78 is 0. The fourth-order valence-electron chi connectivity index (χ4n) is 1.93. The van der Waals surface area contributed by atoms with Gasteiger partial charge in [0.2, 0.25) is 11.8 Å². The van der Waals surface area contributed by atoms with Crippen molar-refractivity contribution in [3.8, 4) is 0 Å². The highest BCUT2D eigenvalue weighted by Gasteiger charge is 2.18. The maximum Gasteiger partial charge on any atom is 0.239 e. The molecule has 2 amide bonds. The Morgan fingerprint density at radius 1 is 1.44 bits per heavy atom. The van der Waals surface area contributed by atoms with E-state index in [1.165, 1.54) is 6.33 Å². The van der Waals surface area contributed by atoms with Gasteiger partial charge in [0.05, 0.1) is 13.1 Å². The average molecular weight is 251 g/mol. The average Bonchev–Trinajstić information content (AvgIpc) is 2.80. The van der Waals surface area contributed by atoms with Crippen LogP contribution >= 0.6 is 0 Å². The van der Waals surface area contributed by atoms with Crippen LogP contribution in [0.25, 0.3) is 0 Å². The number of rotatable bonds is 4. The molecule has 98 valence electrons. The van der Waals surface area contributed by atoms with E-state index in [2.05, 4.69) is 20.5 Å². The molecule has 0 aromatic carbocycles. The lowest BCUT2D eigenvalue weighted by Crippen LogP contribution is -2.40. The van der Waals surface area contributed by atoms with E-state index in [1.54, 1.807) is 4.90 Å². The molecule has 7 heteroatoms. The van der Waals surface area contributed by atoms with Crippen molar-refractivity contribution in [3.63, 3.8) is 0 Å². The standard InChI is InChI=1S/C11H17N5O2/c17-10(12-6-9-13-8-14-15-9)7-16-5-3-1-2-4-11(16)18/h8H,1-7H2,(H,12,17)(H,13,14,15). The van der Waals surface area contributed by atoms with Crippen molar-refractivity contribution in [2.45, 2.75) is 32.2 Å². The topological polar surface area (TPSA) is 91.0 Å². The lowest BCUT2D eigenvalue weighted by atomic mass is 10.2. The Morgan fingerprint density at radius 2 is 2.33 bits per heavy atom. The molecule has 0 radical (unpaired) electrons. The van der Waals surface area contributed by atoms with Crippen LogP contribution < -0.4 is 5.32 Å². The Morgan fingerprint density at radius 3 is 3.11 bits per heavy atom. The second kappa shape index (κ2) is 6.13. The summed E-state index contributed by atoms with van der Waals surface area (Å²) in [6.07, 6.45) is 4.90. The number of amides is 2. The molecule has 1 aromatic heterocycles. The fraction of sp³-hybridized carbons (Fsp3) is 0.636. The van der Waals surface area contributed by atoms with E-state index in [1.807, 2.05) is 0 Å². The number of likely N-dealkylation sites (tertiary alicyclic amines) is 1. The minimum Gasteiger partial charge on any atom is -0.347 e. The third-order valence-corrected chi connectivity index (χ3v) is 2.92. The van der Waals surface area contributed by atoms with Gasteiger partial charge in [-0.25, -0.2) is 4.98 Å². The van der Waals surface area contributed by atoms with Gasteiger partial charge in [0.15, 0.2) is 0 Å². The number of aromatic nitrogens is 3. The number of nitrogens with zero attached hydrogens (tertiary/aromatic N) is 3. The predicted octanol–water partition coefficient (Wildman–Crippen LogP) is -0.176. The highest BCUT2D eigenvalue weighted by atomic mass is 16.2. The Bertz CT molecular complexity index is 404. The van der Waals surface area contributed by atoms with Crippen LogP contribution in [0, 0.1) is 0 Å². The molecule has 7 nitrogen and oxygen atoms in total. The molecule has 1 saturated heterocycles. The Labute approximate surface area is 105 Å². The summed E-state index contributed by atoms with van der Waals surface area (Å²) in [5.41, 5.74) is 0. The Balaban J connectivity index is 1.77. The number of hydrogen-bond donors (Lipinski definition) is 2. The number of hydrogen-bond acceptors (Lipinski definition) is 4. The van der Waals surface area contributed by atoms with Gasteiger partial charge in [-0.1, -0.05) is 6.42 Å². The van der Waals surface area contributed by atoms with Gasteiger partial charge in [-0.2, -0.15) is 5.10 Å². The molecule has 2 heterocycles. The van der Waals surface area contributed by atoms with Gasteiger partial charge >= 0.3 is 0 Å². The number of carbonyl (C=O) groups is 2. The number of H-pyrrole nitrogens is 1. The van der Waals surface area contributed by atoms with E-state index in [0.29, 0.717) is 25.3 Å². The van der Waals surface area contributed by atoms with Crippen molar-refractivity contribution >= 4 is 11.8 Å². The van der Waals surface area contributed by atoms with Crippen molar-refractivity contribution in [2.24, 2.45) is 0 Å². The molecule has 2 N–H and O–H groups in total. The second-order valence-electron chi connectivity index (χ2n) is 4.33. The molecule has 1 aliphatic heterocycles. The normalized spacial score (nSPS) is 16.4. The molecule has 0 saturated carbocycles. The zero-order valence-electron chi connectivity index (χ0n) is 10.2. The monoisotopic (exact) mass is 251 g/mol. The molecule has 0 unspecified atom stereocenters. The first-order valence-electron chi connectivity index (χ1n) is 6.14. The van der Waals surface area contributed by atoms with Gasteiger partial charge in [0, 0.05) is 13.0 Å². The summed E-state index contributed by atoms with van der Waals surface area (Å²) in [5.74, 6) is 0.509. The van der Waals surface area contributed by atoms with E-state index in [9.17, 15) is 9.59 Å². The molecule has 18 heavy (non-hydrogen) atoms. The molecule has 0 atom stereocenters. The minimum absolute atomic E-state index is 0.0716. The summed E-state index contributed by atoms with van der Waals surface area (Å²) in [4.78, 5) is 28.9. The molecule has 1 aromatic rings. The molecule has 2 rings (SSSR count). The summed E-state index contributed by atoms with van der Waals surface area (Å²) in [6.45, 7) is 1.11. The first kappa shape index (κ1) is 12.5. The van der Waals surface area contributed by atoms with Gasteiger partial charge in [0.25, 0.3) is 0 Å². The molecule has 1 fully saturated rings. The molecular weight excluding hydrogens is 234 g/mol. The SMILES string of the molecule is O=C(CN1CCCCCC1=O)NCc1ncn[nH]1. The number of aromatic amines is 1. The fourth-order valence-corrected chi connectivity index (χ4v) is 1.93. The van der Waals surface area contributed by atoms with Crippen molar-refractivity contribution in [3.05, 3.63) is 12.2 Å². The second-order valence-corrected chi connectivity index (χ2v) is 4.33. The van der Waals surface area contributed by atoms with Crippen LogP contribution in [0.1, 0.15) is 31.5 Å². The first-order valence-corrected chi connectivity index (χ1v) is 6.14. The van der Waals surface area contributed by atoms with E-state index in [0.717, 1.165) is 19.3 Å². The molecule has 0 aliphatic carbocycles. The van der Waals surface area contributed by atoms with E-state index >= 15 is 0 Å². The maximum atomic E-state index is 11.7. The molecular formula is C11H17N5O2. The van der Waals surface area contributed by atoms with Crippen molar-refractivity contribution < 1.29 is 9.59 Å². The third-order valence-electron chi connectivity index (χ3n) is 2.92. The third kappa shape index (κ3) is 3.54. The van der Waals surface area contributed by atoms with Crippen molar-refractivity contribution in [1.82, 2.24) is 25.4 Å². The first-order chi connectivity index (χ1) is 8.75. The van der Waals surface area contributed by atoms with E-state index < -0.39 is 0 Å². The van der Waals surface area contributed by atoms with Gasteiger partial charge in [-0.05, 0) is 12.8 Å². The smallest absolute Gasteiger partial charge is 0.239 e. The lowest BCUT2D eigenvalue weighted by Gasteiger charge is -2.19. The Hall–Kier alpha value is -1.92. The van der Waals surface area contributed by atoms with Crippen LogP contribution in [0.2, 0.25) is 0 Å². The van der Waals surface area contributed by atoms with Crippen LogP contribution in [0.15, 0.2) is 6.33 Å². The highest BCUT2D eigenvalue weighted by molar-refractivity contribution is 5.84. The zero-order valence-corrected chi connectivity index (χ0v) is 10.2. The Kier molecular flexibility index (Phi) is 4.27. The molecule has 0 spiro atoms. The molecule has 0 bridgehead atoms. The summed E-state index contributed by atoms with van der Waals surface area (Å²) >= 11 is 0. The summed E-state index contributed by atoms with van der Waals surface area (Å²) in [5, 5.41) is 9.05. The largest absolute Gasteiger partial charge is 0.347 e. The zero-order chi connectivity index (χ0) is 12.8. The maximum absolute atomic E-state index is 11.7. The summed E-state index contributed by atoms with van der Waals surface area (Å²) in [6, 6.07) is 0. The summed E-state index contributed by atoms with van der Waals surface area (Å²) in [7, 11) is 0. The quantitative estimate of drug-likeness (QED) is 0.777. The van der Waals surface area contributed by atoms with Gasteiger partial charge in [-0.3, -0.25) is 14.7 Å². The van der Waals surface area contributed by atoms with Gasteiger partial charge in [-0.15, -0.1) is 0 Å². The van der Waals surface area contributed by atoms with Crippen molar-refractivity contribution in [1.29, 1.82) is 0 Å². The predicted molar refractivity (Wildman–Crippen MR) is 63.3 cm³/mol. The minimum atomic E-state index is -0.165. The van der Waals surface area contributed by atoms with Crippen LogP contribution in [-0.4, -0.2) is 45.0 Å². The van der Waals surface area contributed by atoms with Crippen LogP contribution in [0.5, 0.6) is 0 Å². The number of nitrogens with one attached hydrogen (secondary N) is 2. The van der Waals surface area contributed by atoms with Crippen molar-refractivity contribution in [2.75, 3.05) is 13.1 Å². The van der Waals surface area contributed by atoms with Crippen LogP contribution in [-0.2, 0) is 16.1 Å². The van der Waals surface area contributed by atoms with Crippen LogP contribution in [0.4, 0.5) is 0 Å². The highest BCUT2D eigenvalue weighted by Crippen LogP contribution is 2.10. The van der Waals surface area contributed by atoms with Gasteiger partial charge in [0.1, 0.15) is 12.2 Å². The molecule has 1 aliphatic rings. The van der Waals surface area contributed by atoms with Crippen LogP contribution in [0.3, 0.4) is 0 Å². The van der Waals surface area contributed by atoms with E-state index in [-0.39, 0.29) is 18.4 Å². The lowest BCUT2D eigenvalue weighted by molar-refractivity contribution is -0.135. The number of carbonyl (C=O) groups excluding carboxylic acids is 2.